The summed E-state index contributed by atoms with van der Waals surface area (Å²) >= 11 is 11.0. The zero-order valence-electron chi connectivity index (χ0n) is 8.29. The molecular weight excluding hydrogens is 239 g/mol. The summed E-state index contributed by atoms with van der Waals surface area (Å²) in [6, 6.07) is 4.75. The molecular formula is C10H10Cl2O3. The Morgan fingerprint density at radius 1 is 1.20 bits per heavy atom. The normalized spacial score (nSPS) is 10.2. The first kappa shape index (κ1) is 12.1. The van der Waals surface area contributed by atoms with Gasteiger partial charge in [-0.05, 0) is 18.2 Å². The van der Waals surface area contributed by atoms with E-state index in [2.05, 4.69) is 0 Å². The van der Waals surface area contributed by atoms with Gasteiger partial charge in [-0.15, -0.1) is 0 Å². The molecule has 1 rings (SSSR count). The van der Waals surface area contributed by atoms with Gasteiger partial charge in [-0.2, -0.15) is 0 Å². The Balaban J connectivity index is 3.08. The molecule has 0 aliphatic rings. The van der Waals surface area contributed by atoms with Crippen LogP contribution in [0.3, 0.4) is 0 Å². The number of hydrogen-bond donors (Lipinski definition) is 0. The quantitative estimate of drug-likeness (QED) is 0.607. The standard InChI is InChI=1S/C10H10Cl2O3/c1-14-7-4-3-6(5-8(7)15-2)9(13)10(11)12/h3-5,10H,1-2H3. The van der Waals surface area contributed by atoms with Gasteiger partial charge in [0, 0.05) is 5.56 Å². The third-order valence-electron chi connectivity index (χ3n) is 1.87. The van der Waals surface area contributed by atoms with Crippen LogP contribution in [0.25, 0.3) is 0 Å². The van der Waals surface area contributed by atoms with Gasteiger partial charge in [-0.3, -0.25) is 4.79 Å². The van der Waals surface area contributed by atoms with Crippen LogP contribution >= 0.6 is 23.2 Å². The lowest BCUT2D eigenvalue weighted by atomic mass is 10.1. The zero-order chi connectivity index (χ0) is 11.4. The molecule has 0 amide bonds. The van der Waals surface area contributed by atoms with Gasteiger partial charge >= 0.3 is 0 Å². The van der Waals surface area contributed by atoms with E-state index in [1.807, 2.05) is 0 Å². The maximum absolute atomic E-state index is 11.5. The van der Waals surface area contributed by atoms with E-state index in [1.165, 1.54) is 14.2 Å². The van der Waals surface area contributed by atoms with Crippen LogP contribution in [-0.2, 0) is 0 Å². The van der Waals surface area contributed by atoms with Crippen molar-refractivity contribution in [2.75, 3.05) is 14.2 Å². The Kier molecular flexibility index (Phi) is 4.24. The molecule has 0 aliphatic heterocycles. The lowest BCUT2D eigenvalue weighted by Crippen LogP contribution is -2.08. The summed E-state index contributed by atoms with van der Waals surface area (Å²) in [5.41, 5.74) is 0.391. The predicted molar refractivity (Wildman–Crippen MR) is 59.4 cm³/mol. The smallest absolute Gasteiger partial charge is 0.195 e. The van der Waals surface area contributed by atoms with Gasteiger partial charge in [0.25, 0.3) is 0 Å². The van der Waals surface area contributed by atoms with Crippen molar-refractivity contribution in [3.05, 3.63) is 23.8 Å². The van der Waals surface area contributed by atoms with E-state index in [-0.39, 0.29) is 5.78 Å². The molecule has 0 heterocycles. The van der Waals surface area contributed by atoms with Crippen LogP contribution in [0.1, 0.15) is 10.4 Å². The van der Waals surface area contributed by atoms with Crippen molar-refractivity contribution in [1.29, 1.82) is 0 Å². The Bertz CT molecular complexity index is 364. The van der Waals surface area contributed by atoms with E-state index >= 15 is 0 Å². The highest BCUT2D eigenvalue weighted by Gasteiger charge is 2.16. The third kappa shape index (κ3) is 2.76. The molecule has 1 aromatic carbocycles. The first-order valence-corrected chi connectivity index (χ1v) is 5.01. The topological polar surface area (TPSA) is 35.5 Å². The minimum absolute atomic E-state index is 0.362. The van der Waals surface area contributed by atoms with Crippen molar-refractivity contribution < 1.29 is 14.3 Å². The number of ketones is 1. The first-order valence-electron chi connectivity index (χ1n) is 4.14. The van der Waals surface area contributed by atoms with Crippen LogP contribution in [0, 0.1) is 0 Å². The van der Waals surface area contributed by atoms with E-state index in [0.717, 1.165) is 0 Å². The van der Waals surface area contributed by atoms with Crippen LogP contribution in [0.4, 0.5) is 0 Å². The Morgan fingerprint density at radius 3 is 2.27 bits per heavy atom. The van der Waals surface area contributed by atoms with Crippen molar-refractivity contribution in [3.63, 3.8) is 0 Å². The minimum Gasteiger partial charge on any atom is -0.493 e. The van der Waals surface area contributed by atoms with E-state index in [0.29, 0.717) is 17.1 Å². The highest BCUT2D eigenvalue weighted by atomic mass is 35.5. The second kappa shape index (κ2) is 5.24. The fraction of sp³-hybridized carbons (Fsp3) is 0.300. The summed E-state index contributed by atoms with van der Waals surface area (Å²) in [5, 5.41) is 0. The lowest BCUT2D eigenvalue weighted by molar-refractivity contribution is 0.101. The second-order valence-electron chi connectivity index (χ2n) is 2.73. The van der Waals surface area contributed by atoms with E-state index < -0.39 is 4.84 Å². The number of methoxy groups -OCH3 is 2. The molecule has 0 aliphatic carbocycles. The summed E-state index contributed by atoms with van der Waals surface area (Å²) in [6.45, 7) is 0. The Morgan fingerprint density at radius 2 is 1.80 bits per heavy atom. The van der Waals surface area contributed by atoms with Gasteiger partial charge in [0.1, 0.15) is 0 Å². The van der Waals surface area contributed by atoms with Crippen LogP contribution in [-0.4, -0.2) is 24.8 Å². The number of rotatable bonds is 4. The van der Waals surface area contributed by atoms with E-state index in [1.54, 1.807) is 18.2 Å². The summed E-state index contributed by atoms with van der Waals surface area (Å²) in [6.07, 6.45) is 0. The molecule has 82 valence electrons. The summed E-state index contributed by atoms with van der Waals surface area (Å²) in [7, 11) is 3.01. The molecule has 0 fully saturated rings. The predicted octanol–water partition coefficient (Wildman–Crippen LogP) is 2.69. The van der Waals surface area contributed by atoms with Crippen molar-refractivity contribution >= 4 is 29.0 Å². The van der Waals surface area contributed by atoms with Crippen LogP contribution in [0.15, 0.2) is 18.2 Å². The number of carbonyl (C=O) groups is 1. The van der Waals surface area contributed by atoms with Gasteiger partial charge in [-0.25, -0.2) is 0 Å². The number of halogens is 2. The van der Waals surface area contributed by atoms with Crippen molar-refractivity contribution in [2.24, 2.45) is 0 Å². The molecule has 5 heteroatoms. The van der Waals surface area contributed by atoms with Gasteiger partial charge in [0.05, 0.1) is 14.2 Å². The summed E-state index contributed by atoms with van der Waals surface area (Å²) < 4.78 is 10.1. The van der Waals surface area contributed by atoms with Gasteiger partial charge < -0.3 is 9.47 Å². The van der Waals surface area contributed by atoms with E-state index in [9.17, 15) is 4.79 Å². The second-order valence-corrected chi connectivity index (χ2v) is 3.83. The van der Waals surface area contributed by atoms with Crippen molar-refractivity contribution in [3.8, 4) is 11.5 Å². The summed E-state index contributed by atoms with van der Waals surface area (Å²) in [4.78, 5) is 10.4. The molecule has 0 saturated carbocycles. The average Bonchev–Trinajstić information content (AvgIpc) is 2.26. The van der Waals surface area contributed by atoms with Crippen molar-refractivity contribution in [2.45, 2.75) is 4.84 Å². The minimum atomic E-state index is -1.07. The number of carbonyl (C=O) groups excluding carboxylic acids is 1. The molecule has 0 N–H and O–H groups in total. The molecule has 0 unspecified atom stereocenters. The summed E-state index contributed by atoms with van der Waals surface area (Å²) in [5.74, 6) is 0.659. The lowest BCUT2D eigenvalue weighted by Gasteiger charge is -2.09. The van der Waals surface area contributed by atoms with Gasteiger partial charge in [0.2, 0.25) is 0 Å². The molecule has 0 bridgehead atoms. The Labute approximate surface area is 97.9 Å². The molecule has 15 heavy (non-hydrogen) atoms. The maximum atomic E-state index is 11.5. The third-order valence-corrected chi connectivity index (χ3v) is 2.26. The number of benzene rings is 1. The monoisotopic (exact) mass is 248 g/mol. The molecule has 0 radical (unpaired) electrons. The SMILES string of the molecule is COc1ccc(C(=O)C(Cl)Cl)cc1OC. The van der Waals surface area contributed by atoms with Crippen LogP contribution in [0.2, 0.25) is 0 Å². The van der Waals surface area contributed by atoms with Gasteiger partial charge in [0.15, 0.2) is 22.1 Å². The van der Waals surface area contributed by atoms with Crippen LogP contribution in [0.5, 0.6) is 11.5 Å². The molecule has 0 spiro atoms. The molecule has 0 atom stereocenters. The molecule has 1 aromatic rings. The zero-order valence-corrected chi connectivity index (χ0v) is 9.80. The van der Waals surface area contributed by atoms with Crippen molar-refractivity contribution in [1.82, 2.24) is 0 Å². The number of hydrogen-bond acceptors (Lipinski definition) is 3. The maximum Gasteiger partial charge on any atom is 0.195 e. The molecule has 0 aromatic heterocycles. The first-order chi connectivity index (χ1) is 7.10. The highest BCUT2D eigenvalue weighted by Crippen LogP contribution is 2.28. The number of ether oxygens (including phenoxy) is 2. The largest absolute Gasteiger partial charge is 0.493 e. The van der Waals surface area contributed by atoms with Crippen LogP contribution < -0.4 is 9.47 Å². The average molecular weight is 249 g/mol. The Hall–Kier alpha value is -0.930. The number of Topliss-reactive ketones (excluding diaryl/α,β-unsaturated/α-hetero) is 1. The number of alkyl halides is 2. The fourth-order valence-corrected chi connectivity index (χ4v) is 1.37. The molecule has 0 saturated heterocycles. The fourth-order valence-electron chi connectivity index (χ4n) is 1.12. The molecule has 3 nitrogen and oxygen atoms in total. The van der Waals surface area contributed by atoms with E-state index in [4.69, 9.17) is 32.7 Å². The highest BCUT2D eigenvalue weighted by molar-refractivity contribution is 6.55. The van der Waals surface area contributed by atoms with Gasteiger partial charge in [-0.1, -0.05) is 23.2 Å².